The fourth-order valence-corrected chi connectivity index (χ4v) is 3.46. The Balaban J connectivity index is 1.52. The van der Waals surface area contributed by atoms with Crippen LogP contribution < -0.4 is 0 Å². The lowest BCUT2D eigenvalue weighted by atomic mass is 9.85. The van der Waals surface area contributed by atoms with E-state index in [1.54, 1.807) is 0 Å². The molecule has 2 aliphatic rings. The van der Waals surface area contributed by atoms with Gasteiger partial charge in [0.05, 0.1) is 5.60 Å². The van der Waals surface area contributed by atoms with Gasteiger partial charge in [0.15, 0.2) is 0 Å². The Labute approximate surface area is 138 Å². The Morgan fingerprint density at radius 2 is 1.57 bits per heavy atom. The monoisotopic (exact) mass is 317 g/mol. The third-order valence-electron chi connectivity index (χ3n) is 5.11. The summed E-state index contributed by atoms with van der Waals surface area (Å²) in [4.78, 5) is 18.7. The molecule has 0 spiro atoms. The van der Waals surface area contributed by atoms with Crippen molar-refractivity contribution < 1.29 is 9.90 Å². The topological polar surface area (TPSA) is 47.0 Å². The van der Waals surface area contributed by atoms with Crippen molar-refractivity contribution in [2.75, 3.05) is 46.3 Å². The summed E-state index contributed by atoms with van der Waals surface area (Å²) >= 11 is 0. The molecule has 2 aliphatic heterocycles. The lowest BCUT2D eigenvalue weighted by Crippen LogP contribution is -2.55. The summed E-state index contributed by atoms with van der Waals surface area (Å²) in [6, 6.07) is 10.2. The van der Waals surface area contributed by atoms with E-state index in [1.807, 2.05) is 28.0 Å². The van der Waals surface area contributed by atoms with Crippen molar-refractivity contribution in [2.45, 2.75) is 24.9 Å². The number of nitrogens with zero attached hydrogens (tertiary/aromatic N) is 3. The third kappa shape index (κ3) is 4.03. The van der Waals surface area contributed by atoms with E-state index >= 15 is 0 Å². The average Bonchev–Trinajstić information content (AvgIpc) is 2.56. The number of carbonyl (C=O) groups excluding carboxylic acids is 1. The van der Waals surface area contributed by atoms with Crippen molar-refractivity contribution in [1.82, 2.24) is 14.7 Å². The van der Waals surface area contributed by atoms with Crippen molar-refractivity contribution in [1.29, 1.82) is 0 Å². The number of rotatable bonds is 2. The molecule has 5 heteroatoms. The molecular formula is C18H27N3O2. The van der Waals surface area contributed by atoms with Gasteiger partial charge in [-0.3, -0.25) is 0 Å². The Morgan fingerprint density at radius 1 is 1.00 bits per heavy atom. The molecule has 1 aromatic rings. The fourth-order valence-electron chi connectivity index (χ4n) is 3.46. The maximum Gasteiger partial charge on any atom is 0.320 e. The summed E-state index contributed by atoms with van der Waals surface area (Å²) in [7, 11) is 2.09. The highest BCUT2D eigenvalue weighted by Crippen LogP contribution is 2.27. The van der Waals surface area contributed by atoms with E-state index < -0.39 is 5.60 Å². The highest BCUT2D eigenvalue weighted by atomic mass is 16.3. The van der Waals surface area contributed by atoms with Crippen LogP contribution in [0.5, 0.6) is 0 Å². The van der Waals surface area contributed by atoms with Gasteiger partial charge < -0.3 is 19.8 Å². The van der Waals surface area contributed by atoms with Crippen LogP contribution in [0.25, 0.3) is 0 Å². The number of carbonyl (C=O) groups is 1. The first-order valence-electron chi connectivity index (χ1n) is 8.54. The number of amides is 2. The number of benzene rings is 1. The standard InChI is InChI=1S/C18H27N3O2/c1-19-11-13-21(14-12-19)17(22)20-9-7-18(23,8-10-20)15-16-5-3-2-4-6-16/h2-6,23H,7-15H2,1H3. The van der Waals surface area contributed by atoms with Gasteiger partial charge in [0.25, 0.3) is 0 Å². The molecule has 2 amide bonds. The number of hydrogen-bond donors (Lipinski definition) is 1. The SMILES string of the molecule is CN1CCN(C(=O)N2CCC(O)(Cc3ccccc3)CC2)CC1. The maximum absolute atomic E-state index is 12.6. The van der Waals surface area contributed by atoms with Crippen molar-refractivity contribution in [3.63, 3.8) is 0 Å². The van der Waals surface area contributed by atoms with Gasteiger partial charge in [0.2, 0.25) is 0 Å². The highest BCUT2D eigenvalue weighted by Gasteiger charge is 2.35. The minimum atomic E-state index is -0.680. The first-order valence-corrected chi connectivity index (χ1v) is 8.54. The van der Waals surface area contributed by atoms with Crippen LogP contribution in [0.2, 0.25) is 0 Å². The van der Waals surface area contributed by atoms with Crippen LogP contribution in [0.15, 0.2) is 30.3 Å². The lowest BCUT2D eigenvalue weighted by Gasteiger charge is -2.41. The maximum atomic E-state index is 12.6. The molecule has 5 nitrogen and oxygen atoms in total. The zero-order chi connectivity index (χ0) is 16.3. The van der Waals surface area contributed by atoms with Crippen molar-refractivity contribution >= 4 is 6.03 Å². The molecule has 23 heavy (non-hydrogen) atoms. The first kappa shape index (κ1) is 16.3. The Morgan fingerprint density at radius 3 is 2.17 bits per heavy atom. The van der Waals surface area contributed by atoms with Gasteiger partial charge in [-0.15, -0.1) is 0 Å². The summed E-state index contributed by atoms with van der Waals surface area (Å²) in [5.41, 5.74) is 0.481. The molecule has 0 aliphatic carbocycles. The van der Waals surface area contributed by atoms with Gasteiger partial charge in [-0.25, -0.2) is 4.79 Å². The predicted molar refractivity (Wildman–Crippen MR) is 90.4 cm³/mol. The van der Waals surface area contributed by atoms with Crippen LogP contribution in [0.1, 0.15) is 18.4 Å². The van der Waals surface area contributed by atoms with Crippen molar-refractivity contribution in [3.05, 3.63) is 35.9 Å². The average molecular weight is 317 g/mol. The lowest BCUT2D eigenvalue weighted by molar-refractivity contribution is -0.0156. The molecule has 2 saturated heterocycles. The molecule has 3 rings (SSSR count). The van der Waals surface area contributed by atoms with Gasteiger partial charge in [-0.1, -0.05) is 30.3 Å². The quantitative estimate of drug-likeness (QED) is 0.897. The Kier molecular flexibility index (Phi) is 4.87. The minimum absolute atomic E-state index is 0.139. The second-order valence-electron chi connectivity index (χ2n) is 6.95. The molecule has 0 aromatic heterocycles. The van der Waals surface area contributed by atoms with Crippen LogP contribution >= 0.6 is 0 Å². The van der Waals surface area contributed by atoms with E-state index in [0.717, 1.165) is 31.7 Å². The normalized spacial score (nSPS) is 22.2. The number of urea groups is 1. The zero-order valence-corrected chi connectivity index (χ0v) is 13.9. The molecule has 0 bridgehead atoms. The van der Waals surface area contributed by atoms with Gasteiger partial charge >= 0.3 is 6.03 Å². The molecule has 2 heterocycles. The van der Waals surface area contributed by atoms with Crippen molar-refractivity contribution in [2.24, 2.45) is 0 Å². The highest BCUT2D eigenvalue weighted by molar-refractivity contribution is 5.74. The van der Waals surface area contributed by atoms with Crippen LogP contribution in [0.4, 0.5) is 4.79 Å². The van der Waals surface area contributed by atoms with E-state index in [4.69, 9.17) is 0 Å². The molecule has 0 unspecified atom stereocenters. The molecule has 1 aromatic carbocycles. The Hall–Kier alpha value is -1.59. The third-order valence-corrected chi connectivity index (χ3v) is 5.11. The molecular weight excluding hydrogens is 290 g/mol. The van der Waals surface area contributed by atoms with Crippen LogP contribution in [-0.2, 0) is 6.42 Å². The molecule has 0 saturated carbocycles. The number of piperidine rings is 1. The summed E-state index contributed by atoms with van der Waals surface area (Å²) in [5, 5.41) is 10.8. The predicted octanol–water partition coefficient (Wildman–Crippen LogP) is 1.42. The van der Waals surface area contributed by atoms with E-state index in [9.17, 15) is 9.90 Å². The Bertz CT molecular complexity index is 518. The molecule has 2 fully saturated rings. The molecule has 1 N–H and O–H groups in total. The van der Waals surface area contributed by atoms with Gasteiger partial charge in [-0.2, -0.15) is 0 Å². The van der Waals surface area contributed by atoms with E-state index in [2.05, 4.69) is 24.1 Å². The summed E-state index contributed by atoms with van der Waals surface area (Å²) in [6.45, 7) is 4.79. The van der Waals surface area contributed by atoms with Crippen molar-refractivity contribution in [3.8, 4) is 0 Å². The smallest absolute Gasteiger partial charge is 0.320 e. The number of hydrogen-bond acceptors (Lipinski definition) is 3. The molecule has 126 valence electrons. The second-order valence-corrected chi connectivity index (χ2v) is 6.95. The van der Waals surface area contributed by atoms with E-state index in [1.165, 1.54) is 0 Å². The van der Waals surface area contributed by atoms with Gasteiger partial charge in [0, 0.05) is 45.7 Å². The summed E-state index contributed by atoms with van der Waals surface area (Å²) in [6.07, 6.45) is 1.98. The number of likely N-dealkylation sites (N-methyl/N-ethyl adjacent to an activating group) is 1. The van der Waals surface area contributed by atoms with Crippen LogP contribution in [-0.4, -0.2) is 77.8 Å². The molecule has 0 radical (unpaired) electrons. The fraction of sp³-hybridized carbons (Fsp3) is 0.611. The van der Waals surface area contributed by atoms with Gasteiger partial charge in [-0.05, 0) is 25.5 Å². The van der Waals surface area contributed by atoms with Crippen LogP contribution in [0, 0.1) is 0 Å². The zero-order valence-electron chi connectivity index (χ0n) is 13.9. The number of aliphatic hydroxyl groups is 1. The van der Waals surface area contributed by atoms with Crippen LogP contribution in [0.3, 0.4) is 0 Å². The minimum Gasteiger partial charge on any atom is -0.389 e. The van der Waals surface area contributed by atoms with E-state index in [-0.39, 0.29) is 6.03 Å². The number of likely N-dealkylation sites (tertiary alicyclic amines) is 1. The van der Waals surface area contributed by atoms with Gasteiger partial charge in [0.1, 0.15) is 0 Å². The first-order chi connectivity index (χ1) is 11.1. The number of piperazine rings is 1. The largest absolute Gasteiger partial charge is 0.389 e. The summed E-state index contributed by atoms with van der Waals surface area (Å²) in [5.74, 6) is 0. The second kappa shape index (κ2) is 6.89. The molecule has 0 atom stereocenters. The summed E-state index contributed by atoms with van der Waals surface area (Å²) < 4.78 is 0. The van der Waals surface area contributed by atoms with E-state index in [0.29, 0.717) is 32.4 Å².